The molecule has 7 nitrogen and oxygen atoms in total. The van der Waals surface area contributed by atoms with E-state index in [1.165, 1.54) is 23.1 Å². The molecule has 1 aromatic heterocycles. The lowest BCUT2D eigenvalue weighted by Crippen LogP contribution is -2.07. The van der Waals surface area contributed by atoms with Crippen LogP contribution in [0.5, 0.6) is 5.75 Å². The van der Waals surface area contributed by atoms with E-state index in [0.29, 0.717) is 5.82 Å². The van der Waals surface area contributed by atoms with Crippen LogP contribution >= 0.6 is 0 Å². The molecule has 19 heavy (non-hydrogen) atoms. The van der Waals surface area contributed by atoms with Crippen molar-refractivity contribution in [2.24, 2.45) is 0 Å². The van der Waals surface area contributed by atoms with Crippen LogP contribution in [-0.4, -0.2) is 26.3 Å². The molecule has 0 radical (unpaired) electrons. The fourth-order valence-electron chi connectivity index (χ4n) is 1.46. The van der Waals surface area contributed by atoms with E-state index < -0.39 is 11.5 Å². The molecule has 0 fully saturated rings. The Kier molecular flexibility index (Phi) is 3.36. The van der Waals surface area contributed by atoms with Gasteiger partial charge in [0.15, 0.2) is 5.75 Å². The average molecular weight is 270 g/mol. The van der Waals surface area contributed by atoms with Gasteiger partial charge in [0.2, 0.25) is 0 Å². The van der Waals surface area contributed by atoms with Crippen LogP contribution < -0.4 is 4.74 Å². The van der Waals surface area contributed by atoms with Crippen LogP contribution in [0.15, 0.2) is 24.5 Å². The SMILES string of the molecule is Cc1ncn(-c2ccc([N+](=O)[O-])cc2OC(F)F)n1. The van der Waals surface area contributed by atoms with Crippen LogP contribution in [0.25, 0.3) is 5.69 Å². The molecule has 0 atom stereocenters. The van der Waals surface area contributed by atoms with Crippen molar-refractivity contribution in [2.45, 2.75) is 13.5 Å². The summed E-state index contributed by atoms with van der Waals surface area (Å²) in [5.41, 5.74) is -0.206. The number of rotatable bonds is 4. The first-order valence-electron chi connectivity index (χ1n) is 5.09. The first-order chi connectivity index (χ1) is 8.97. The van der Waals surface area contributed by atoms with Crippen molar-refractivity contribution in [3.05, 3.63) is 40.5 Å². The van der Waals surface area contributed by atoms with Crippen molar-refractivity contribution >= 4 is 5.69 Å². The number of hydrogen-bond donors (Lipinski definition) is 0. The highest BCUT2D eigenvalue weighted by Gasteiger charge is 2.17. The summed E-state index contributed by atoms with van der Waals surface area (Å²) in [5, 5.41) is 14.6. The number of ether oxygens (including phenoxy) is 1. The van der Waals surface area contributed by atoms with E-state index >= 15 is 0 Å². The van der Waals surface area contributed by atoms with E-state index in [9.17, 15) is 18.9 Å². The molecular weight excluding hydrogens is 262 g/mol. The Balaban J connectivity index is 2.50. The Morgan fingerprint density at radius 3 is 2.74 bits per heavy atom. The lowest BCUT2D eigenvalue weighted by atomic mass is 10.2. The Hall–Kier alpha value is -2.58. The van der Waals surface area contributed by atoms with Crippen molar-refractivity contribution in [1.82, 2.24) is 14.8 Å². The van der Waals surface area contributed by atoms with Crippen LogP contribution in [-0.2, 0) is 0 Å². The molecular formula is C10H8F2N4O3. The fourth-order valence-corrected chi connectivity index (χ4v) is 1.46. The van der Waals surface area contributed by atoms with Gasteiger partial charge in [-0.25, -0.2) is 9.67 Å². The number of nitro groups is 1. The summed E-state index contributed by atoms with van der Waals surface area (Å²) in [6.07, 6.45) is 1.30. The second-order valence-corrected chi connectivity index (χ2v) is 3.52. The third-order valence-corrected chi connectivity index (χ3v) is 2.22. The zero-order valence-electron chi connectivity index (χ0n) is 9.66. The van der Waals surface area contributed by atoms with Gasteiger partial charge in [-0.15, -0.1) is 0 Å². The highest BCUT2D eigenvalue weighted by molar-refractivity contribution is 5.52. The number of halogens is 2. The summed E-state index contributed by atoms with van der Waals surface area (Å²) in [5.74, 6) is 0.0930. The second kappa shape index (κ2) is 4.96. The topological polar surface area (TPSA) is 83.1 Å². The lowest BCUT2D eigenvalue weighted by molar-refractivity contribution is -0.385. The van der Waals surface area contributed by atoms with Gasteiger partial charge < -0.3 is 4.74 Å². The summed E-state index contributed by atoms with van der Waals surface area (Å²) in [4.78, 5) is 13.8. The Labute approximate surface area is 105 Å². The van der Waals surface area contributed by atoms with Gasteiger partial charge >= 0.3 is 6.61 Å². The summed E-state index contributed by atoms with van der Waals surface area (Å²) >= 11 is 0. The molecule has 1 heterocycles. The molecule has 0 aliphatic rings. The van der Waals surface area contributed by atoms with Gasteiger partial charge in [0, 0.05) is 6.07 Å². The van der Waals surface area contributed by atoms with Crippen molar-refractivity contribution in [1.29, 1.82) is 0 Å². The quantitative estimate of drug-likeness (QED) is 0.627. The molecule has 100 valence electrons. The van der Waals surface area contributed by atoms with E-state index in [4.69, 9.17) is 0 Å². The minimum absolute atomic E-state index is 0.145. The monoisotopic (exact) mass is 270 g/mol. The van der Waals surface area contributed by atoms with Crippen LogP contribution in [0.3, 0.4) is 0 Å². The van der Waals surface area contributed by atoms with Crippen LogP contribution in [0.4, 0.5) is 14.5 Å². The molecule has 2 aromatic rings. The zero-order chi connectivity index (χ0) is 14.0. The number of non-ortho nitro benzene ring substituents is 1. The maximum absolute atomic E-state index is 12.3. The molecule has 0 bridgehead atoms. The van der Waals surface area contributed by atoms with Gasteiger partial charge in [0.1, 0.15) is 17.8 Å². The van der Waals surface area contributed by atoms with Crippen molar-refractivity contribution < 1.29 is 18.4 Å². The number of hydrogen-bond acceptors (Lipinski definition) is 5. The minimum atomic E-state index is -3.09. The number of benzene rings is 1. The third-order valence-electron chi connectivity index (χ3n) is 2.22. The molecule has 0 N–H and O–H groups in total. The van der Waals surface area contributed by atoms with Gasteiger partial charge in [-0.2, -0.15) is 13.9 Å². The Morgan fingerprint density at radius 2 is 2.21 bits per heavy atom. The number of aryl methyl sites for hydroxylation is 1. The number of alkyl halides is 2. The molecule has 0 unspecified atom stereocenters. The smallest absolute Gasteiger partial charge is 0.387 e. The second-order valence-electron chi connectivity index (χ2n) is 3.52. The predicted octanol–water partition coefficient (Wildman–Crippen LogP) is 2.09. The van der Waals surface area contributed by atoms with Crippen molar-refractivity contribution in [3.63, 3.8) is 0 Å². The first kappa shape index (κ1) is 12.9. The van der Waals surface area contributed by atoms with Crippen molar-refractivity contribution in [2.75, 3.05) is 0 Å². The highest BCUT2D eigenvalue weighted by atomic mass is 19.3. The molecule has 0 aliphatic carbocycles. The molecule has 0 saturated carbocycles. The van der Waals surface area contributed by atoms with E-state index in [-0.39, 0.29) is 17.1 Å². The van der Waals surface area contributed by atoms with Gasteiger partial charge in [0.25, 0.3) is 5.69 Å². The first-order valence-corrected chi connectivity index (χ1v) is 5.09. The minimum Gasteiger partial charge on any atom is -0.432 e. The van der Waals surface area contributed by atoms with Gasteiger partial charge in [-0.1, -0.05) is 0 Å². The molecule has 0 saturated heterocycles. The number of aromatic nitrogens is 3. The third kappa shape index (κ3) is 2.81. The summed E-state index contributed by atoms with van der Waals surface area (Å²) < 4.78 is 30.1. The summed E-state index contributed by atoms with van der Waals surface area (Å²) in [7, 11) is 0. The maximum atomic E-state index is 12.3. The maximum Gasteiger partial charge on any atom is 0.387 e. The number of nitrogens with zero attached hydrogens (tertiary/aromatic N) is 4. The largest absolute Gasteiger partial charge is 0.432 e. The molecule has 0 aliphatic heterocycles. The number of nitro benzene ring substituents is 1. The fraction of sp³-hybridized carbons (Fsp3) is 0.200. The Bertz CT molecular complexity index is 615. The normalized spacial score (nSPS) is 10.7. The van der Waals surface area contributed by atoms with E-state index in [1.54, 1.807) is 6.92 Å². The standard InChI is InChI=1S/C10H8F2N4O3/c1-6-13-5-15(14-6)8-3-2-7(16(17)18)4-9(8)19-10(11)12/h2-5,10H,1H3. The summed E-state index contributed by atoms with van der Waals surface area (Å²) in [6.45, 7) is -1.47. The van der Waals surface area contributed by atoms with Crippen molar-refractivity contribution in [3.8, 4) is 11.4 Å². The van der Waals surface area contributed by atoms with E-state index in [0.717, 1.165) is 6.07 Å². The van der Waals surface area contributed by atoms with E-state index in [1.807, 2.05) is 0 Å². The molecule has 9 heteroatoms. The zero-order valence-corrected chi connectivity index (χ0v) is 9.66. The van der Waals surface area contributed by atoms with Gasteiger partial charge in [-0.05, 0) is 13.0 Å². The van der Waals surface area contributed by atoms with Crippen LogP contribution in [0.1, 0.15) is 5.82 Å². The Morgan fingerprint density at radius 1 is 1.47 bits per heavy atom. The van der Waals surface area contributed by atoms with Gasteiger partial charge in [0.05, 0.1) is 11.0 Å². The van der Waals surface area contributed by atoms with Gasteiger partial charge in [-0.3, -0.25) is 10.1 Å². The average Bonchev–Trinajstić information content (AvgIpc) is 2.74. The molecule has 0 spiro atoms. The van der Waals surface area contributed by atoms with Crippen LogP contribution in [0, 0.1) is 17.0 Å². The molecule has 2 rings (SSSR count). The van der Waals surface area contributed by atoms with Crippen LogP contribution in [0.2, 0.25) is 0 Å². The summed E-state index contributed by atoms with van der Waals surface area (Å²) in [6, 6.07) is 3.35. The molecule has 1 aromatic carbocycles. The highest BCUT2D eigenvalue weighted by Crippen LogP contribution is 2.28. The van der Waals surface area contributed by atoms with E-state index in [2.05, 4.69) is 14.8 Å². The predicted molar refractivity (Wildman–Crippen MR) is 59.4 cm³/mol. The lowest BCUT2D eigenvalue weighted by Gasteiger charge is -2.09. The molecule has 0 amide bonds.